The molecule has 0 aromatic heterocycles. The van der Waals surface area contributed by atoms with E-state index in [-0.39, 0.29) is 5.60 Å². The summed E-state index contributed by atoms with van der Waals surface area (Å²) < 4.78 is 5.89. The highest BCUT2D eigenvalue weighted by atomic mass is 16.5. The van der Waals surface area contributed by atoms with Crippen LogP contribution in [0.3, 0.4) is 0 Å². The standard InChI is InChI=1S/C17H26N2O/c1-13(20-17(2,3)4)19-11-10-15-14(12-19)8-7-9-16(15)18(5)6/h7-9H,1,10-12H2,2-6H3. The van der Waals surface area contributed by atoms with E-state index in [4.69, 9.17) is 4.74 Å². The molecule has 0 radical (unpaired) electrons. The van der Waals surface area contributed by atoms with Gasteiger partial charge in [0.05, 0.1) is 0 Å². The Morgan fingerprint density at radius 1 is 1.30 bits per heavy atom. The first kappa shape index (κ1) is 14.8. The Balaban J connectivity index is 2.16. The van der Waals surface area contributed by atoms with Crippen molar-refractivity contribution in [2.75, 3.05) is 25.5 Å². The molecule has 0 spiro atoms. The van der Waals surface area contributed by atoms with E-state index in [1.54, 1.807) is 0 Å². The second-order valence-electron chi connectivity index (χ2n) is 6.59. The minimum absolute atomic E-state index is 0.192. The third-order valence-corrected chi connectivity index (χ3v) is 3.50. The fraction of sp³-hybridized carbons (Fsp3) is 0.529. The highest BCUT2D eigenvalue weighted by Gasteiger charge is 2.23. The predicted octanol–water partition coefficient (Wildman–Crippen LogP) is 3.40. The molecule has 3 nitrogen and oxygen atoms in total. The van der Waals surface area contributed by atoms with Crippen LogP contribution in [0.15, 0.2) is 30.7 Å². The zero-order valence-corrected chi connectivity index (χ0v) is 13.4. The van der Waals surface area contributed by atoms with Crippen LogP contribution >= 0.6 is 0 Å². The van der Waals surface area contributed by atoms with Crippen LogP contribution in [0.25, 0.3) is 0 Å². The van der Waals surface area contributed by atoms with Crippen LogP contribution in [0, 0.1) is 0 Å². The SMILES string of the molecule is C=C(OC(C)(C)C)N1CCc2c(cccc2N(C)C)C1. The molecule has 0 fully saturated rings. The summed E-state index contributed by atoms with van der Waals surface area (Å²) in [5, 5.41) is 0. The van der Waals surface area contributed by atoms with Crippen molar-refractivity contribution in [3.05, 3.63) is 41.8 Å². The monoisotopic (exact) mass is 274 g/mol. The normalized spacial score (nSPS) is 14.8. The van der Waals surface area contributed by atoms with Crippen LogP contribution in [0.1, 0.15) is 31.9 Å². The molecule has 0 bridgehead atoms. The average molecular weight is 274 g/mol. The Morgan fingerprint density at radius 2 is 2.00 bits per heavy atom. The molecule has 0 unspecified atom stereocenters. The molecule has 0 saturated carbocycles. The lowest BCUT2D eigenvalue weighted by molar-refractivity contribution is -0.000662. The molecule has 110 valence electrons. The second kappa shape index (κ2) is 5.39. The van der Waals surface area contributed by atoms with Crippen LogP contribution in [-0.4, -0.2) is 31.1 Å². The molecule has 1 aromatic carbocycles. The van der Waals surface area contributed by atoms with Gasteiger partial charge in [0.25, 0.3) is 0 Å². The van der Waals surface area contributed by atoms with Crippen LogP contribution in [0.2, 0.25) is 0 Å². The van der Waals surface area contributed by atoms with Crippen molar-refractivity contribution in [1.29, 1.82) is 0 Å². The number of rotatable bonds is 3. The molecule has 1 aromatic rings. The third kappa shape index (κ3) is 3.27. The topological polar surface area (TPSA) is 15.7 Å². The number of anilines is 1. The van der Waals surface area contributed by atoms with Gasteiger partial charge in [-0.25, -0.2) is 0 Å². The molecule has 20 heavy (non-hydrogen) atoms. The maximum absolute atomic E-state index is 5.89. The smallest absolute Gasteiger partial charge is 0.182 e. The van der Waals surface area contributed by atoms with E-state index in [9.17, 15) is 0 Å². The van der Waals surface area contributed by atoms with Crippen molar-refractivity contribution in [2.45, 2.75) is 39.3 Å². The van der Waals surface area contributed by atoms with Gasteiger partial charge in [0, 0.05) is 32.9 Å². The van der Waals surface area contributed by atoms with Crippen molar-refractivity contribution < 1.29 is 4.74 Å². The summed E-state index contributed by atoms with van der Waals surface area (Å²) in [7, 11) is 4.20. The maximum Gasteiger partial charge on any atom is 0.182 e. The molecule has 2 rings (SSSR count). The number of hydrogen-bond acceptors (Lipinski definition) is 3. The lowest BCUT2D eigenvalue weighted by Gasteiger charge is -2.36. The van der Waals surface area contributed by atoms with Gasteiger partial charge in [0.1, 0.15) is 5.60 Å². The maximum atomic E-state index is 5.89. The second-order valence-corrected chi connectivity index (χ2v) is 6.59. The minimum atomic E-state index is -0.192. The third-order valence-electron chi connectivity index (χ3n) is 3.50. The van der Waals surface area contributed by atoms with Crippen molar-refractivity contribution in [3.63, 3.8) is 0 Å². The largest absolute Gasteiger partial charge is 0.474 e. The quantitative estimate of drug-likeness (QED) is 0.786. The summed E-state index contributed by atoms with van der Waals surface area (Å²) >= 11 is 0. The lowest BCUT2D eigenvalue weighted by atomic mass is 9.97. The average Bonchev–Trinajstić information content (AvgIpc) is 2.35. The lowest BCUT2D eigenvalue weighted by Crippen LogP contribution is -2.34. The number of ether oxygens (including phenoxy) is 1. The van der Waals surface area contributed by atoms with E-state index in [1.807, 2.05) is 0 Å². The minimum Gasteiger partial charge on any atom is -0.474 e. The summed E-state index contributed by atoms with van der Waals surface area (Å²) in [5.41, 5.74) is 3.96. The van der Waals surface area contributed by atoms with Crippen molar-refractivity contribution in [2.24, 2.45) is 0 Å². The Bertz CT molecular complexity index is 500. The fourth-order valence-corrected chi connectivity index (χ4v) is 2.64. The van der Waals surface area contributed by atoms with Crippen molar-refractivity contribution in [1.82, 2.24) is 4.90 Å². The molecule has 1 aliphatic heterocycles. The van der Waals surface area contributed by atoms with Gasteiger partial charge in [0.15, 0.2) is 5.88 Å². The molecule has 0 aliphatic carbocycles. The van der Waals surface area contributed by atoms with E-state index in [2.05, 4.69) is 69.4 Å². The number of hydrogen-bond donors (Lipinski definition) is 0. The van der Waals surface area contributed by atoms with Gasteiger partial charge in [-0.15, -0.1) is 0 Å². The van der Waals surface area contributed by atoms with Crippen molar-refractivity contribution >= 4 is 5.69 Å². The highest BCUT2D eigenvalue weighted by Crippen LogP contribution is 2.30. The Labute approximate surface area is 122 Å². The van der Waals surface area contributed by atoms with E-state index in [0.29, 0.717) is 0 Å². The summed E-state index contributed by atoms with van der Waals surface area (Å²) in [5.74, 6) is 0.776. The Morgan fingerprint density at radius 3 is 2.60 bits per heavy atom. The first-order valence-corrected chi connectivity index (χ1v) is 7.19. The van der Waals surface area contributed by atoms with Crippen LogP contribution in [-0.2, 0) is 17.7 Å². The molecule has 3 heteroatoms. The summed E-state index contributed by atoms with van der Waals surface area (Å²) in [6.07, 6.45) is 1.04. The van der Waals surface area contributed by atoms with Gasteiger partial charge >= 0.3 is 0 Å². The van der Waals surface area contributed by atoms with Crippen LogP contribution < -0.4 is 4.90 Å². The first-order valence-electron chi connectivity index (χ1n) is 7.19. The van der Waals surface area contributed by atoms with Crippen molar-refractivity contribution in [3.8, 4) is 0 Å². The number of fused-ring (bicyclic) bond motifs is 1. The summed E-state index contributed by atoms with van der Waals surface area (Å²) in [4.78, 5) is 4.42. The van der Waals surface area contributed by atoms with Gasteiger partial charge in [0.2, 0.25) is 0 Å². The first-order chi connectivity index (χ1) is 9.28. The zero-order chi connectivity index (χ0) is 14.9. The highest BCUT2D eigenvalue weighted by molar-refractivity contribution is 5.56. The molecule has 0 N–H and O–H groups in total. The molecular formula is C17H26N2O. The molecule has 1 heterocycles. The van der Waals surface area contributed by atoms with Gasteiger partial charge in [-0.1, -0.05) is 12.1 Å². The molecule has 0 amide bonds. The fourth-order valence-electron chi connectivity index (χ4n) is 2.64. The van der Waals surface area contributed by atoms with E-state index in [0.717, 1.165) is 25.4 Å². The van der Waals surface area contributed by atoms with Crippen LogP contribution in [0.4, 0.5) is 5.69 Å². The summed E-state index contributed by atoms with van der Waals surface area (Å²) in [6, 6.07) is 6.53. The summed E-state index contributed by atoms with van der Waals surface area (Å²) in [6.45, 7) is 12.1. The van der Waals surface area contributed by atoms with Crippen LogP contribution in [0.5, 0.6) is 0 Å². The number of benzene rings is 1. The Kier molecular flexibility index (Phi) is 3.98. The van der Waals surface area contributed by atoms with E-state index < -0.39 is 0 Å². The molecule has 0 saturated heterocycles. The van der Waals surface area contributed by atoms with Gasteiger partial charge in [-0.05, 0) is 51.0 Å². The van der Waals surface area contributed by atoms with E-state index in [1.165, 1.54) is 16.8 Å². The van der Waals surface area contributed by atoms with Gasteiger partial charge in [-0.2, -0.15) is 0 Å². The Hall–Kier alpha value is -1.64. The zero-order valence-electron chi connectivity index (χ0n) is 13.4. The molecule has 0 atom stereocenters. The number of nitrogens with zero attached hydrogens (tertiary/aromatic N) is 2. The predicted molar refractivity (Wildman–Crippen MR) is 84.9 cm³/mol. The van der Waals surface area contributed by atoms with Gasteiger partial charge < -0.3 is 14.5 Å². The van der Waals surface area contributed by atoms with E-state index >= 15 is 0 Å². The molecular weight excluding hydrogens is 248 g/mol. The van der Waals surface area contributed by atoms with Gasteiger partial charge in [-0.3, -0.25) is 0 Å². The molecule has 1 aliphatic rings.